The van der Waals surface area contributed by atoms with Crippen molar-refractivity contribution in [1.29, 1.82) is 0 Å². The Balaban J connectivity index is 2.22. The fourth-order valence-corrected chi connectivity index (χ4v) is 2.06. The molecule has 2 aromatic carbocycles. The molecule has 0 bridgehead atoms. The van der Waals surface area contributed by atoms with E-state index in [-0.39, 0.29) is 0 Å². The van der Waals surface area contributed by atoms with Crippen LogP contribution in [0, 0.1) is 13.8 Å². The average Bonchev–Trinajstić information content (AvgIpc) is 2.44. The van der Waals surface area contributed by atoms with Gasteiger partial charge in [-0.15, -0.1) is 0 Å². The maximum absolute atomic E-state index is 8.94. The summed E-state index contributed by atoms with van der Waals surface area (Å²) in [6.45, 7) is 6.32. The normalized spacial score (nSPS) is 11.4. The second-order valence-electron chi connectivity index (χ2n) is 4.96. The Kier molecular flexibility index (Phi) is 4.41. The average molecular weight is 269 g/mol. The van der Waals surface area contributed by atoms with Crippen LogP contribution in [0.3, 0.4) is 0 Å². The van der Waals surface area contributed by atoms with E-state index in [1.54, 1.807) is 6.92 Å². The first-order chi connectivity index (χ1) is 9.60. The highest BCUT2D eigenvalue weighted by atomic mass is 16.5. The molecular weight excluding hydrogens is 250 g/mol. The molecule has 0 saturated carbocycles. The molecule has 0 unspecified atom stereocenters. The van der Waals surface area contributed by atoms with Crippen molar-refractivity contribution < 1.29 is 9.94 Å². The van der Waals surface area contributed by atoms with Crippen molar-refractivity contribution in [2.45, 2.75) is 27.4 Å². The number of aryl methyl sites for hydroxylation is 2. The van der Waals surface area contributed by atoms with Gasteiger partial charge in [-0.2, -0.15) is 0 Å². The predicted octanol–water partition coefficient (Wildman–Crippen LogP) is 4.08. The van der Waals surface area contributed by atoms with Crippen molar-refractivity contribution in [2.24, 2.45) is 5.16 Å². The van der Waals surface area contributed by atoms with E-state index in [1.165, 1.54) is 5.56 Å². The van der Waals surface area contributed by atoms with Gasteiger partial charge in [0.15, 0.2) is 0 Å². The zero-order valence-electron chi connectivity index (χ0n) is 12.1. The van der Waals surface area contributed by atoms with Crippen molar-refractivity contribution in [3.05, 3.63) is 64.7 Å². The molecular formula is C17H19NO2. The van der Waals surface area contributed by atoms with Gasteiger partial charge in [0.05, 0.1) is 5.71 Å². The number of nitrogens with zero attached hydrogens (tertiary/aromatic N) is 1. The van der Waals surface area contributed by atoms with E-state index in [2.05, 4.69) is 24.2 Å². The summed E-state index contributed by atoms with van der Waals surface area (Å²) in [5.41, 5.74) is 4.80. The van der Waals surface area contributed by atoms with Crippen molar-refractivity contribution in [3.63, 3.8) is 0 Å². The van der Waals surface area contributed by atoms with E-state index in [9.17, 15) is 0 Å². The van der Waals surface area contributed by atoms with Gasteiger partial charge in [0.2, 0.25) is 0 Å². The Morgan fingerprint density at radius 3 is 2.55 bits per heavy atom. The summed E-state index contributed by atoms with van der Waals surface area (Å²) in [4.78, 5) is 0. The first-order valence-corrected chi connectivity index (χ1v) is 6.58. The Labute approximate surface area is 119 Å². The molecule has 20 heavy (non-hydrogen) atoms. The molecule has 0 aromatic heterocycles. The lowest BCUT2D eigenvalue weighted by atomic mass is 10.1. The highest BCUT2D eigenvalue weighted by Gasteiger charge is 2.08. The molecule has 0 spiro atoms. The zero-order chi connectivity index (χ0) is 14.5. The minimum Gasteiger partial charge on any atom is -0.488 e. The number of benzene rings is 2. The number of hydrogen-bond donors (Lipinski definition) is 1. The van der Waals surface area contributed by atoms with Gasteiger partial charge < -0.3 is 9.94 Å². The summed E-state index contributed by atoms with van der Waals surface area (Å²) in [5.74, 6) is 0.738. The lowest BCUT2D eigenvalue weighted by molar-refractivity contribution is 0.303. The molecule has 0 heterocycles. The van der Waals surface area contributed by atoms with Gasteiger partial charge >= 0.3 is 0 Å². The molecule has 0 saturated heterocycles. The number of oxime groups is 1. The van der Waals surface area contributed by atoms with Gasteiger partial charge in [0.25, 0.3) is 0 Å². The summed E-state index contributed by atoms with van der Waals surface area (Å²) in [7, 11) is 0. The molecule has 0 amide bonds. The van der Waals surface area contributed by atoms with E-state index in [4.69, 9.17) is 9.94 Å². The van der Waals surface area contributed by atoms with Crippen LogP contribution in [0.5, 0.6) is 5.75 Å². The third kappa shape index (κ3) is 3.38. The van der Waals surface area contributed by atoms with Crippen LogP contribution >= 0.6 is 0 Å². The fourth-order valence-electron chi connectivity index (χ4n) is 2.06. The Morgan fingerprint density at radius 2 is 1.85 bits per heavy atom. The largest absolute Gasteiger partial charge is 0.488 e. The molecule has 3 nitrogen and oxygen atoms in total. The van der Waals surface area contributed by atoms with Gasteiger partial charge in [0, 0.05) is 5.56 Å². The fraction of sp³-hybridized carbons (Fsp3) is 0.235. The van der Waals surface area contributed by atoms with Crippen LogP contribution in [0.15, 0.2) is 47.6 Å². The van der Waals surface area contributed by atoms with Gasteiger partial charge in [-0.3, -0.25) is 0 Å². The Morgan fingerprint density at radius 1 is 1.10 bits per heavy atom. The highest BCUT2D eigenvalue weighted by Crippen LogP contribution is 2.22. The van der Waals surface area contributed by atoms with E-state index in [0.29, 0.717) is 12.3 Å². The third-order valence-corrected chi connectivity index (χ3v) is 3.15. The van der Waals surface area contributed by atoms with Crippen LogP contribution in [0.4, 0.5) is 0 Å². The van der Waals surface area contributed by atoms with Crippen LogP contribution in [0.2, 0.25) is 0 Å². The monoisotopic (exact) mass is 269 g/mol. The van der Waals surface area contributed by atoms with E-state index in [1.807, 2.05) is 37.3 Å². The topological polar surface area (TPSA) is 41.8 Å². The summed E-state index contributed by atoms with van der Waals surface area (Å²) in [6.07, 6.45) is 0. The van der Waals surface area contributed by atoms with Gasteiger partial charge in [0.1, 0.15) is 12.4 Å². The van der Waals surface area contributed by atoms with E-state index in [0.717, 1.165) is 22.4 Å². The smallest absolute Gasteiger partial charge is 0.129 e. The van der Waals surface area contributed by atoms with Crippen molar-refractivity contribution in [1.82, 2.24) is 0 Å². The minimum absolute atomic E-state index is 0.497. The maximum Gasteiger partial charge on any atom is 0.129 e. The van der Waals surface area contributed by atoms with Gasteiger partial charge in [-0.1, -0.05) is 41.1 Å². The lowest BCUT2D eigenvalue weighted by Crippen LogP contribution is -2.03. The highest BCUT2D eigenvalue weighted by molar-refractivity contribution is 6.00. The van der Waals surface area contributed by atoms with E-state index >= 15 is 0 Å². The summed E-state index contributed by atoms with van der Waals surface area (Å²) >= 11 is 0. The van der Waals surface area contributed by atoms with E-state index < -0.39 is 0 Å². The molecule has 1 N–H and O–H groups in total. The van der Waals surface area contributed by atoms with Gasteiger partial charge in [-0.25, -0.2) is 0 Å². The van der Waals surface area contributed by atoms with Crippen LogP contribution in [-0.2, 0) is 6.61 Å². The SMILES string of the molecule is CC(=NO)c1ccc(C)cc1OCc1cccc(C)c1. The Hall–Kier alpha value is -2.29. The van der Waals surface area contributed by atoms with Gasteiger partial charge in [-0.05, 0) is 44.0 Å². The van der Waals surface area contributed by atoms with Crippen LogP contribution in [0.25, 0.3) is 0 Å². The van der Waals surface area contributed by atoms with Crippen molar-refractivity contribution in [2.75, 3.05) is 0 Å². The molecule has 0 aliphatic carbocycles. The molecule has 2 aromatic rings. The standard InChI is InChI=1S/C17H19NO2/c1-12-5-4-6-15(9-12)11-20-17-10-13(2)7-8-16(17)14(3)18-19/h4-10,19H,11H2,1-3H3. The molecule has 104 valence electrons. The molecule has 0 aliphatic heterocycles. The second-order valence-corrected chi connectivity index (χ2v) is 4.96. The van der Waals surface area contributed by atoms with Crippen LogP contribution in [-0.4, -0.2) is 10.9 Å². The number of rotatable bonds is 4. The molecule has 0 fully saturated rings. The molecule has 0 atom stereocenters. The molecule has 0 radical (unpaired) electrons. The zero-order valence-corrected chi connectivity index (χ0v) is 12.1. The quantitative estimate of drug-likeness (QED) is 0.516. The summed E-state index contributed by atoms with van der Waals surface area (Å²) in [5, 5.41) is 12.2. The Bertz CT molecular complexity index is 633. The first kappa shape index (κ1) is 14.1. The summed E-state index contributed by atoms with van der Waals surface area (Å²) < 4.78 is 5.89. The lowest BCUT2D eigenvalue weighted by Gasteiger charge is -2.12. The number of hydrogen-bond acceptors (Lipinski definition) is 3. The molecule has 2 rings (SSSR count). The summed E-state index contributed by atoms with van der Waals surface area (Å²) in [6, 6.07) is 14.1. The molecule has 3 heteroatoms. The van der Waals surface area contributed by atoms with Crippen LogP contribution in [0.1, 0.15) is 29.2 Å². The third-order valence-electron chi connectivity index (χ3n) is 3.15. The predicted molar refractivity (Wildman–Crippen MR) is 80.7 cm³/mol. The van der Waals surface area contributed by atoms with Crippen molar-refractivity contribution in [3.8, 4) is 5.75 Å². The second kappa shape index (κ2) is 6.24. The first-order valence-electron chi connectivity index (χ1n) is 6.58. The van der Waals surface area contributed by atoms with Crippen LogP contribution < -0.4 is 4.74 Å². The van der Waals surface area contributed by atoms with Crippen molar-refractivity contribution >= 4 is 5.71 Å². The molecule has 0 aliphatic rings. The number of ether oxygens (including phenoxy) is 1. The minimum atomic E-state index is 0.497. The maximum atomic E-state index is 8.94.